The lowest BCUT2D eigenvalue weighted by Crippen LogP contribution is -2.06. The second-order valence-electron chi connectivity index (χ2n) is 3.11. The first-order valence-electron chi connectivity index (χ1n) is 4.33. The van der Waals surface area contributed by atoms with Crippen LogP contribution in [0.4, 0.5) is 0 Å². The number of nitrogens with zero attached hydrogens (tertiary/aromatic N) is 2. The van der Waals surface area contributed by atoms with Gasteiger partial charge in [0.2, 0.25) is 0 Å². The number of rotatable bonds is 1. The van der Waals surface area contributed by atoms with Gasteiger partial charge in [-0.3, -0.25) is 0 Å². The van der Waals surface area contributed by atoms with Crippen molar-refractivity contribution >= 4 is 28.5 Å². The Morgan fingerprint density at radius 3 is 2.93 bits per heavy atom. The maximum absolute atomic E-state index is 11.4. The molecule has 0 saturated heterocycles. The molecule has 15 heavy (non-hydrogen) atoms. The molecule has 0 aliphatic rings. The fraction of sp³-hybridized carbons (Fsp3) is 0.200. The lowest BCUT2D eigenvalue weighted by Gasteiger charge is -2.01. The first kappa shape index (κ1) is 9.98. The summed E-state index contributed by atoms with van der Waals surface area (Å²) in [5.41, 5.74) is 1.32. The van der Waals surface area contributed by atoms with Crippen molar-refractivity contribution in [3.63, 3.8) is 0 Å². The van der Waals surface area contributed by atoms with Crippen molar-refractivity contribution in [3.8, 4) is 0 Å². The highest BCUT2D eigenvalue weighted by molar-refractivity contribution is 6.34. The summed E-state index contributed by atoms with van der Waals surface area (Å²) in [6.07, 6.45) is 1.60. The molecule has 0 aliphatic heterocycles. The van der Waals surface area contributed by atoms with Crippen LogP contribution in [0.2, 0.25) is 5.15 Å². The fourth-order valence-electron chi connectivity index (χ4n) is 1.53. The molecule has 0 aromatic carbocycles. The van der Waals surface area contributed by atoms with Crippen LogP contribution in [-0.2, 0) is 11.8 Å². The summed E-state index contributed by atoms with van der Waals surface area (Å²) < 4.78 is 6.39. The monoisotopic (exact) mass is 224 g/mol. The number of pyridine rings is 1. The van der Waals surface area contributed by atoms with E-state index in [1.54, 1.807) is 29.9 Å². The van der Waals surface area contributed by atoms with Gasteiger partial charge in [-0.15, -0.1) is 0 Å². The van der Waals surface area contributed by atoms with E-state index >= 15 is 0 Å². The zero-order chi connectivity index (χ0) is 11.0. The molecule has 0 aliphatic carbocycles. The minimum absolute atomic E-state index is 0.384. The van der Waals surface area contributed by atoms with Crippen LogP contribution in [0, 0.1) is 0 Å². The van der Waals surface area contributed by atoms with Crippen LogP contribution < -0.4 is 0 Å². The molecule has 0 saturated carbocycles. The highest BCUT2D eigenvalue weighted by Crippen LogP contribution is 2.24. The number of fused-ring (bicyclic) bond motifs is 1. The summed E-state index contributed by atoms with van der Waals surface area (Å²) in [6.45, 7) is 0. The maximum Gasteiger partial charge on any atom is 0.354 e. The zero-order valence-electron chi connectivity index (χ0n) is 8.32. The van der Waals surface area contributed by atoms with Gasteiger partial charge in [-0.05, 0) is 12.1 Å². The number of esters is 1. The number of hydrogen-bond donors (Lipinski definition) is 0. The molecule has 2 aromatic heterocycles. The Morgan fingerprint density at radius 1 is 1.60 bits per heavy atom. The molecular formula is C10H9ClN2O2. The van der Waals surface area contributed by atoms with E-state index in [0.29, 0.717) is 10.8 Å². The molecule has 78 valence electrons. The third-order valence-electron chi connectivity index (χ3n) is 2.32. The van der Waals surface area contributed by atoms with Gasteiger partial charge in [0.25, 0.3) is 0 Å². The second kappa shape index (κ2) is 3.55. The smallest absolute Gasteiger partial charge is 0.354 e. The first-order valence-corrected chi connectivity index (χ1v) is 4.71. The number of halogens is 1. The number of methoxy groups -OCH3 is 1. The molecule has 2 aromatic rings. The van der Waals surface area contributed by atoms with Gasteiger partial charge >= 0.3 is 5.97 Å². The van der Waals surface area contributed by atoms with Crippen LogP contribution >= 0.6 is 11.6 Å². The Hall–Kier alpha value is -1.55. The van der Waals surface area contributed by atoms with Crippen LogP contribution in [0.3, 0.4) is 0 Å². The van der Waals surface area contributed by atoms with Crippen molar-refractivity contribution in [2.75, 3.05) is 7.11 Å². The number of hydrogen-bond acceptors (Lipinski definition) is 3. The molecule has 0 N–H and O–H groups in total. The topological polar surface area (TPSA) is 44.1 Å². The molecule has 0 fully saturated rings. The molecule has 4 nitrogen and oxygen atoms in total. The van der Waals surface area contributed by atoms with Crippen molar-refractivity contribution in [1.82, 2.24) is 9.55 Å². The summed E-state index contributed by atoms with van der Waals surface area (Å²) >= 11 is 5.91. The maximum atomic E-state index is 11.4. The third-order valence-corrected chi connectivity index (χ3v) is 2.62. The van der Waals surface area contributed by atoms with Crippen molar-refractivity contribution in [2.24, 2.45) is 7.05 Å². The van der Waals surface area contributed by atoms with E-state index in [4.69, 9.17) is 11.6 Å². The Morgan fingerprint density at radius 2 is 2.33 bits per heavy atom. The number of aryl methyl sites for hydroxylation is 1. The first-order chi connectivity index (χ1) is 7.15. The van der Waals surface area contributed by atoms with E-state index in [-0.39, 0.29) is 5.97 Å². The summed E-state index contributed by atoms with van der Waals surface area (Å²) in [6, 6.07) is 3.48. The quantitative estimate of drug-likeness (QED) is 0.550. The molecule has 5 heteroatoms. The standard InChI is InChI=1S/C10H9ClN2O2/c1-13-7-3-4-12-9(11)6(7)5-8(13)10(14)15-2/h3-5H,1-2H3. The summed E-state index contributed by atoms with van der Waals surface area (Å²) in [4.78, 5) is 15.4. The molecule has 0 spiro atoms. The summed E-state index contributed by atoms with van der Waals surface area (Å²) in [5.74, 6) is -0.384. The minimum Gasteiger partial charge on any atom is -0.464 e. The molecule has 0 bridgehead atoms. The van der Waals surface area contributed by atoms with Gasteiger partial charge < -0.3 is 9.30 Å². The lowest BCUT2D eigenvalue weighted by atomic mass is 10.3. The van der Waals surface area contributed by atoms with Crippen molar-refractivity contribution in [1.29, 1.82) is 0 Å². The summed E-state index contributed by atoms with van der Waals surface area (Å²) in [7, 11) is 3.13. The van der Waals surface area contributed by atoms with Crippen LogP contribution in [0.25, 0.3) is 10.9 Å². The minimum atomic E-state index is -0.384. The number of carbonyl (C=O) groups excluding carboxylic acids is 1. The average molecular weight is 225 g/mol. The molecule has 0 radical (unpaired) electrons. The van der Waals surface area contributed by atoms with Crippen LogP contribution in [0.1, 0.15) is 10.5 Å². The third kappa shape index (κ3) is 1.47. The molecule has 2 rings (SSSR count). The van der Waals surface area contributed by atoms with Gasteiger partial charge in [0.1, 0.15) is 10.8 Å². The van der Waals surface area contributed by atoms with E-state index < -0.39 is 0 Å². The highest BCUT2D eigenvalue weighted by atomic mass is 35.5. The number of carbonyl (C=O) groups is 1. The Balaban J connectivity index is 2.75. The average Bonchev–Trinajstić information content (AvgIpc) is 2.57. The van der Waals surface area contributed by atoms with Gasteiger partial charge in [0.15, 0.2) is 0 Å². The van der Waals surface area contributed by atoms with Gasteiger partial charge in [-0.25, -0.2) is 9.78 Å². The van der Waals surface area contributed by atoms with Gasteiger partial charge in [-0.2, -0.15) is 0 Å². The molecule has 0 amide bonds. The van der Waals surface area contributed by atoms with E-state index in [1.807, 2.05) is 0 Å². The van der Waals surface area contributed by atoms with Crippen molar-refractivity contribution < 1.29 is 9.53 Å². The Bertz CT molecular complexity index is 533. The number of ether oxygens (including phenoxy) is 1. The fourth-order valence-corrected chi connectivity index (χ4v) is 1.74. The normalized spacial score (nSPS) is 10.6. The molecule has 0 atom stereocenters. The zero-order valence-corrected chi connectivity index (χ0v) is 9.08. The predicted molar refractivity (Wildman–Crippen MR) is 57.1 cm³/mol. The second-order valence-corrected chi connectivity index (χ2v) is 3.47. The predicted octanol–water partition coefficient (Wildman–Crippen LogP) is 2.01. The summed E-state index contributed by atoms with van der Waals surface area (Å²) in [5, 5.41) is 1.14. The van der Waals surface area contributed by atoms with Gasteiger partial charge in [0.05, 0.1) is 12.6 Å². The van der Waals surface area contributed by atoms with E-state index in [9.17, 15) is 4.79 Å². The largest absolute Gasteiger partial charge is 0.464 e. The van der Waals surface area contributed by atoms with Crippen molar-refractivity contribution in [3.05, 3.63) is 29.2 Å². The highest BCUT2D eigenvalue weighted by Gasteiger charge is 2.15. The molecular weight excluding hydrogens is 216 g/mol. The lowest BCUT2D eigenvalue weighted by molar-refractivity contribution is 0.0590. The number of aromatic nitrogens is 2. The van der Waals surface area contributed by atoms with Crippen LogP contribution in [0.5, 0.6) is 0 Å². The Labute approximate surface area is 91.4 Å². The van der Waals surface area contributed by atoms with Crippen molar-refractivity contribution in [2.45, 2.75) is 0 Å². The van der Waals surface area contributed by atoms with Gasteiger partial charge in [-0.1, -0.05) is 11.6 Å². The van der Waals surface area contributed by atoms with E-state index in [1.165, 1.54) is 7.11 Å². The SMILES string of the molecule is COC(=O)c1cc2c(Cl)nccc2n1C. The Kier molecular flexibility index (Phi) is 2.36. The van der Waals surface area contributed by atoms with E-state index in [0.717, 1.165) is 10.9 Å². The van der Waals surface area contributed by atoms with E-state index in [2.05, 4.69) is 9.72 Å². The van der Waals surface area contributed by atoms with Gasteiger partial charge in [0, 0.05) is 18.6 Å². The van der Waals surface area contributed by atoms with Crippen LogP contribution in [0.15, 0.2) is 18.3 Å². The van der Waals surface area contributed by atoms with Crippen LogP contribution in [-0.4, -0.2) is 22.6 Å². The molecule has 2 heterocycles. The molecule has 0 unspecified atom stereocenters.